The predicted molar refractivity (Wildman–Crippen MR) is 62.0 cm³/mol. The van der Waals surface area contributed by atoms with Crippen LogP contribution in [0.5, 0.6) is 5.75 Å². The maximum Gasteiger partial charge on any atom is 0.138 e. The molecule has 2 rings (SSSR count). The first-order valence-electron chi connectivity index (χ1n) is 5.25. The van der Waals surface area contributed by atoms with Gasteiger partial charge in [-0.15, -0.1) is 0 Å². The van der Waals surface area contributed by atoms with Gasteiger partial charge in [-0.25, -0.2) is 9.67 Å². The van der Waals surface area contributed by atoms with Gasteiger partial charge in [0.25, 0.3) is 0 Å². The van der Waals surface area contributed by atoms with E-state index in [0.717, 1.165) is 11.4 Å². The second-order valence-corrected chi connectivity index (χ2v) is 3.92. The van der Waals surface area contributed by atoms with Gasteiger partial charge in [0.15, 0.2) is 0 Å². The third-order valence-corrected chi connectivity index (χ3v) is 2.52. The molecule has 1 heterocycles. The minimum atomic E-state index is 0.411. The van der Waals surface area contributed by atoms with Gasteiger partial charge >= 0.3 is 0 Å². The lowest BCUT2D eigenvalue weighted by atomic mass is 10.0. The SMILES string of the molecule is COc1ccc(-n2cncn2)c(C(C)C)c1. The van der Waals surface area contributed by atoms with E-state index in [1.165, 1.54) is 11.9 Å². The highest BCUT2D eigenvalue weighted by Gasteiger charge is 2.10. The highest BCUT2D eigenvalue weighted by molar-refractivity contribution is 5.46. The first-order chi connectivity index (χ1) is 7.72. The van der Waals surface area contributed by atoms with Gasteiger partial charge < -0.3 is 4.74 Å². The van der Waals surface area contributed by atoms with E-state index in [-0.39, 0.29) is 0 Å². The van der Waals surface area contributed by atoms with Crippen molar-refractivity contribution in [1.29, 1.82) is 0 Å². The fourth-order valence-electron chi connectivity index (χ4n) is 1.66. The molecule has 4 heteroatoms. The van der Waals surface area contributed by atoms with E-state index in [9.17, 15) is 0 Å². The van der Waals surface area contributed by atoms with Gasteiger partial charge in [-0.05, 0) is 29.7 Å². The third-order valence-electron chi connectivity index (χ3n) is 2.52. The Hall–Kier alpha value is -1.84. The van der Waals surface area contributed by atoms with Crippen molar-refractivity contribution in [3.63, 3.8) is 0 Å². The molecule has 0 radical (unpaired) electrons. The van der Waals surface area contributed by atoms with Gasteiger partial charge in [0.1, 0.15) is 18.4 Å². The predicted octanol–water partition coefficient (Wildman–Crippen LogP) is 2.40. The van der Waals surface area contributed by atoms with Crippen LogP contribution in [0.2, 0.25) is 0 Å². The van der Waals surface area contributed by atoms with Crippen molar-refractivity contribution in [1.82, 2.24) is 14.8 Å². The van der Waals surface area contributed by atoms with Crippen LogP contribution < -0.4 is 4.74 Å². The molecule has 0 aliphatic carbocycles. The van der Waals surface area contributed by atoms with Crippen molar-refractivity contribution < 1.29 is 4.74 Å². The zero-order chi connectivity index (χ0) is 11.5. The van der Waals surface area contributed by atoms with Crippen molar-refractivity contribution in [2.24, 2.45) is 0 Å². The average Bonchev–Trinajstić information content (AvgIpc) is 2.81. The summed E-state index contributed by atoms with van der Waals surface area (Å²) in [5.41, 5.74) is 2.25. The number of hydrogen-bond donors (Lipinski definition) is 0. The monoisotopic (exact) mass is 217 g/mol. The van der Waals surface area contributed by atoms with Crippen LogP contribution >= 0.6 is 0 Å². The molecule has 1 aromatic heterocycles. The van der Waals surface area contributed by atoms with Crippen LogP contribution in [0.15, 0.2) is 30.9 Å². The second kappa shape index (κ2) is 4.35. The van der Waals surface area contributed by atoms with E-state index < -0.39 is 0 Å². The summed E-state index contributed by atoms with van der Waals surface area (Å²) in [7, 11) is 1.68. The number of rotatable bonds is 3. The van der Waals surface area contributed by atoms with Crippen LogP contribution in [0.4, 0.5) is 0 Å². The molecule has 0 saturated carbocycles. The molecule has 2 aromatic rings. The first-order valence-corrected chi connectivity index (χ1v) is 5.25. The Bertz CT molecular complexity index is 463. The lowest BCUT2D eigenvalue weighted by molar-refractivity contribution is 0.414. The lowest BCUT2D eigenvalue weighted by Crippen LogP contribution is -2.02. The molecule has 0 aliphatic rings. The summed E-state index contributed by atoms with van der Waals surface area (Å²) >= 11 is 0. The molecule has 0 spiro atoms. The maximum atomic E-state index is 5.23. The van der Waals surface area contributed by atoms with Crippen LogP contribution in [0.25, 0.3) is 5.69 Å². The van der Waals surface area contributed by atoms with Gasteiger partial charge in [-0.1, -0.05) is 13.8 Å². The number of benzene rings is 1. The molecule has 1 aromatic carbocycles. The summed E-state index contributed by atoms with van der Waals surface area (Å²) in [5.74, 6) is 1.28. The van der Waals surface area contributed by atoms with Crippen molar-refractivity contribution in [2.45, 2.75) is 19.8 Å². The zero-order valence-electron chi connectivity index (χ0n) is 9.71. The molecule has 0 bridgehead atoms. The molecule has 0 amide bonds. The molecular weight excluding hydrogens is 202 g/mol. The number of methoxy groups -OCH3 is 1. The number of aromatic nitrogens is 3. The Labute approximate surface area is 94.9 Å². The minimum Gasteiger partial charge on any atom is -0.497 e. The number of hydrogen-bond acceptors (Lipinski definition) is 3. The van der Waals surface area contributed by atoms with Crippen LogP contribution in [-0.2, 0) is 0 Å². The first kappa shape index (κ1) is 10.7. The second-order valence-electron chi connectivity index (χ2n) is 3.92. The molecule has 0 atom stereocenters. The zero-order valence-corrected chi connectivity index (χ0v) is 9.71. The van der Waals surface area contributed by atoms with Crippen molar-refractivity contribution >= 4 is 0 Å². The molecule has 16 heavy (non-hydrogen) atoms. The number of nitrogens with zero attached hydrogens (tertiary/aromatic N) is 3. The Morgan fingerprint density at radius 1 is 1.31 bits per heavy atom. The Morgan fingerprint density at radius 3 is 2.69 bits per heavy atom. The fourth-order valence-corrected chi connectivity index (χ4v) is 1.66. The smallest absolute Gasteiger partial charge is 0.138 e. The summed E-state index contributed by atoms with van der Waals surface area (Å²) < 4.78 is 7.00. The van der Waals surface area contributed by atoms with Crippen molar-refractivity contribution in [2.75, 3.05) is 7.11 Å². The maximum absolute atomic E-state index is 5.23. The highest BCUT2D eigenvalue weighted by Crippen LogP contribution is 2.26. The van der Waals surface area contributed by atoms with E-state index in [1.54, 1.807) is 18.1 Å². The summed E-state index contributed by atoms with van der Waals surface area (Å²) in [4.78, 5) is 3.96. The van der Waals surface area contributed by atoms with Crippen LogP contribution in [0.3, 0.4) is 0 Å². The van der Waals surface area contributed by atoms with Gasteiger partial charge in [0, 0.05) is 0 Å². The lowest BCUT2D eigenvalue weighted by Gasteiger charge is -2.13. The van der Waals surface area contributed by atoms with Crippen LogP contribution in [0.1, 0.15) is 25.3 Å². The van der Waals surface area contributed by atoms with Gasteiger partial charge in [-0.3, -0.25) is 0 Å². The molecule has 4 nitrogen and oxygen atoms in total. The van der Waals surface area contributed by atoms with Gasteiger partial charge in [-0.2, -0.15) is 5.10 Å². The molecular formula is C12H15N3O. The molecule has 0 saturated heterocycles. The van der Waals surface area contributed by atoms with Crippen molar-refractivity contribution in [3.8, 4) is 11.4 Å². The largest absolute Gasteiger partial charge is 0.497 e. The molecule has 0 N–H and O–H groups in total. The normalized spacial score (nSPS) is 10.8. The summed E-state index contributed by atoms with van der Waals surface area (Å²) in [5, 5.41) is 4.15. The number of ether oxygens (including phenoxy) is 1. The molecule has 0 unspecified atom stereocenters. The van der Waals surface area contributed by atoms with Crippen molar-refractivity contribution in [3.05, 3.63) is 36.4 Å². The Morgan fingerprint density at radius 2 is 2.12 bits per heavy atom. The Kier molecular flexibility index (Phi) is 2.90. The van der Waals surface area contributed by atoms with E-state index in [2.05, 4.69) is 23.9 Å². The van der Waals surface area contributed by atoms with E-state index >= 15 is 0 Å². The fraction of sp³-hybridized carbons (Fsp3) is 0.333. The standard InChI is InChI=1S/C12H15N3O/c1-9(2)11-6-10(16-3)4-5-12(11)15-8-13-7-14-15/h4-9H,1-3H3. The summed E-state index contributed by atoms with van der Waals surface area (Å²) in [6, 6.07) is 5.98. The van der Waals surface area contributed by atoms with Crippen LogP contribution in [-0.4, -0.2) is 21.9 Å². The third kappa shape index (κ3) is 1.91. The van der Waals surface area contributed by atoms with E-state index in [1.807, 2.05) is 18.2 Å². The van der Waals surface area contributed by atoms with E-state index in [0.29, 0.717) is 5.92 Å². The average molecular weight is 217 g/mol. The van der Waals surface area contributed by atoms with Gasteiger partial charge in [0.2, 0.25) is 0 Å². The quantitative estimate of drug-likeness (QED) is 0.792. The Balaban J connectivity index is 2.53. The highest BCUT2D eigenvalue weighted by atomic mass is 16.5. The van der Waals surface area contributed by atoms with Crippen LogP contribution in [0, 0.1) is 0 Å². The molecule has 0 fully saturated rings. The van der Waals surface area contributed by atoms with E-state index in [4.69, 9.17) is 4.74 Å². The molecule has 0 aliphatic heterocycles. The van der Waals surface area contributed by atoms with Gasteiger partial charge in [0.05, 0.1) is 12.8 Å². The topological polar surface area (TPSA) is 39.9 Å². The molecule has 84 valence electrons. The summed E-state index contributed by atoms with van der Waals surface area (Å²) in [6.07, 6.45) is 3.24. The summed E-state index contributed by atoms with van der Waals surface area (Å²) in [6.45, 7) is 4.30. The minimum absolute atomic E-state index is 0.411.